The van der Waals surface area contributed by atoms with Crippen LogP contribution in [0.15, 0.2) is 72.9 Å². The number of hydrogen-bond donors (Lipinski definition) is 0. The fourth-order valence-electron chi connectivity index (χ4n) is 9.88. The Morgan fingerprint density at radius 3 is 0.795 bits per heavy atom. The second kappa shape index (κ2) is 66.4. The lowest BCUT2D eigenvalue weighted by Gasteiger charge is -2.18. The quantitative estimate of drug-likeness (QED) is 0.0261. The van der Waals surface area contributed by atoms with Gasteiger partial charge in [0.05, 0.1) is 0 Å². The molecule has 0 saturated heterocycles. The van der Waals surface area contributed by atoms with Gasteiger partial charge >= 0.3 is 17.9 Å². The van der Waals surface area contributed by atoms with Crippen LogP contribution in [0.2, 0.25) is 0 Å². The Morgan fingerprint density at radius 2 is 0.500 bits per heavy atom. The Hall–Kier alpha value is -3.15. The zero-order valence-corrected chi connectivity index (χ0v) is 51.9. The van der Waals surface area contributed by atoms with E-state index in [0.717, 1.165) is 89.9 Å². The van der Waals surface area contributed by atoms with Gasteiger partial charge in [-0.2, -0.15) is 0 Å². The summed E-state index contributed by atoms with van der Waals surface area (Å²) >= 11 is 0. The van der Waals surface area contributed by atoms with Crippen molar-refractivity contribution in [1.82, 2.24) is 0 Å². The number of hydrogen-bond acceptors (Lipinski definition) is 6. The van der Waals surface area contributed by atoms with E-state index in [-0.39, 0.29) is 31.1 Å². The molecule has 0 heterocycles. The molecule has 0 saturated carbocycles. The van der Waals surface area contributed by atoms with E-state index in [1.807, 2.05) is 0 Å². The number of rotatable bonds is 62. The summed E-state index contributed by atoms with van der Waals surface area (Å²) in [6.07, 6.45) is 86.8. The molecule has 78 heavy (non-hydrogen) atoms. The molecular formula is C72H128O6. The van der Waals surface area contributed by atoms with Gasteiger partial charge in [0.1, 0.15) is 13.2 Å². The summed E-state index contributed by atoms with van der Waals surface area (Å²) in [7, 11) is 0. The van der Waals surface area contributed by atoms with E-state index < -0.39 is 6.10 Å². The highest BCUT2D eigenvalue weighted by atomic mass is 16.6. The van der Waals surface area contributed by atoms with Crippen LogP contribution in [-0.2, 0) is 28.6 Å². The van der Waals surface area contributed by atoms with Gasteiger partial charge in [0.15, 0.2) is 6.10 Å². The smallest absolute Gasteiger partial charge is 0.306 e. The van der Waals surface area contributed by atoms with E-state index in [4.69, 9.17) is 14.2 Å². The van der Waals surface area contributed by atoms with E-state index in [1.165, 1.54) is 218 Å². The highest BCUT2D eigenvalue weighted by Gasteiger charge is 2.19. The molecule has 0 aromatic heterocycles. The first-order chi connectivity index (χ1) is 38.5. The summed E-state index contributed by atoms with van der Waals surface area (Å²) < 4.78 is 16.8. The van der Waals surface area contributed by atoms with Gasteiger partial charge in [-0.25, -0.2) is 0 Å². The topological polar surface area (TPSA) is 78.9 Å². The molecule has 0 N–H and O–H groups in total. The lowest BCUT2D eigenvalue weighted by Crippen LogP contribution is -2.30. The monoisotopic (exact) mass is 1090 g/mol. The van der Waals surface area contributed by atoms with Crippen molar-refractivity contribution in [3.05, 3.63) is 72.9 Å². The number of carbonyl (C=O) groups is 3. The van der Waals surface area contributed by atoms with Crippen LogP contribution >= 0.6 is 0 Å². The van der Waals surface area contributed by atoms with Crippen LogP contribution in [0.1, 0.15) is 348 Å². The Balaban J connectivity index is 3.99. The summed E-state index contributed by atoms with van der Waals surface area (Å²) in [6.45, 7) is 6.51. The summed E-state index contributed by atoms with van der Waals surface area (Å²) in [4.78, 5) is 38.1. The molecule has 0 fully saturated rings. The third kappa shape index (κ3) is 63.7. The van der Waals surface area contributed by atoms with Crippen LogP contribution in [0.4, 0.5) is 0 Å². The molecule has 0 aliphatic heterocycles. The van der Waals surface area contributed by atoms with Crippen molar-refractivity contribution in [2.75, 3.05) is 13.2 Å². The van der Waals surface area contributed by atoms with Gasteiger partial charge in [-0.05, 0) is 89.9 Å². The Kier molecular flexibility index (Phi) is 63.7. The van der Waals surface area contributed by atoms with Gasteiger partial charge in [0.25, 0.3) is 0 Å². The lowest BCUT2D eigenvalue weighted by atomic mass is 10.0. The van der Waals surface area contributed by atoms with Gasteiger partial charge < -0.3 is 14.2 Å². The van der Waals surface area contributed by atoms with Crippen LogP contribution in [0.25, 0.3) is 0 Å². The first-order valence-electron chi connectivity index (χ1n) is 33.9. The summed E-state index contributed by atoms with van der Waals surface area (Å²) in [6, 6.07) is 0. The molecule has 0 aliphatic rings. The molecule has 1 atom stereocenters. The predicted molar refractivity (Wildman–Crippen MR) is 339 cm³/mol. The maximum Gasteiger partial charge on any atom is 0.306 e. The van der Waals surface area contributed by atoms with Crippen molar-refractivity contribution in [2.24, 2.45) is 0 Å². The third-order valence-corrected chi connectivity index (χ3v) is 14.9. The zero-order chi connectivity index (χ0) is 56.4. The van der Waals surface area contributed by atoms with Gasteiger partial charge in [-0.15, -0.1) is 0 Å². The average molecular weight is 1090 g/mol. The summed E-state index contributed by atoms with van der Waals surface area (Å²) in [5, 5.41) is 0. The van der Waals surface area contributed by atoms with Gasteiger partial charge in [0, 0.05) is 19.3 Å². The molecule has 0 amide bonds. The van der Waals surface area contributed by atoms with Crippen LogP contribution in [0, 0.1) is 0 Å². The Morgan fingerprint density at radius 1 is 0.269 bits per heavy atom. The van der Waals surface area contributed by atoms with Crippen LogP contribution in [0.5, 0.6) is 0 Å². The van der Waals surface area contributed by atoms with Crippen molar-refractivity contribution in [1.29, 1.82) is 0 Å². The Labute approximate surface area is 484 Å². The predicted octanol–water partition coefficient (Wildman–Crippen LogP) is 23.3. The zero-order valence-electron chi connectivity index (χ0n) is 51.9. The number of ether oxygens (including phenoxy) is 3. The third-order valence-electron chi connectivity index (χ3n) is 14.9. The molecule has 6 nitrogen and oxygen atoms in total. The van der Waals surface area contributed by atoms with Gasteiger partial charge in [0.2, 0.25) is 0 Å². The van der Waals surface area contributed by atoms with E-state index in [2.05, 4.69) is 93.7 Å². The summed E-state index contributed by atoms with van der Waals surface area (Å²) in [5.41, 5.74) is 0. The van der Waals surface area contributed by atoms with Gasteiger partial charge in [-0.3, -0.25) is 14.4 Å². The largest absolute Gasteiger partial charge is 0.462 e. The number of carbonyl (C=O) groups excluding carboxylic acids is 3. The second-order valence-corrected chi connectivity index (χ2v) is 22.7. The molecule has 0 aliphatic carbocycles. The number of esters is 3. The average Bonchev–Trinajstić information content (AvgIpc) is 3.44. The van der Waals surface area contributed by atoms with Crippen molar-refractivity contribution in [3.8, 4) is 0 Å². The molecular weight excluding hydrogens is 961 g/mol. The van der Waals surface area contributed by atoms with Crippen molar-refractivity contribution < 1.29 is 28.6 Å². The molecule has 1 unspecified atom stereocenters. The molecule has 452 valence electrons. The first kappa shape index (κ1) is 74.8. The highest BCUT2D eigenvalue weighted by Crippen LogP contribution is 2.17. The highest BCUT2D eigenvalue weighted by molar-refractivity contribution is 5.71. The standard InChI is InChI=1S/C72H128O6/c1-4-7-10-13-16-18-20-22-24-26-28-30-31-32-33-34-35-36-37-38-39-40-41-43-44-46-48-50-52-54-56-59-62-65-71(74)77-68-69(67-76-70(73)64-61-58-15-12-9-6-3)78-72(75)66-63-60-57-55-53-51-49-47-45-42-29-27-25-23-21-19-17-14-11-8-5-2/h7,10,16,18,22,24,27-30,32-33,69H,4-6,8-9,11-15,17,19-21,23,25-26,31,34-68H2,1-3H3/b10-7-,18-16-,24-22-,29-27-,30-28-,33-32-. The maximum atomic E-state index is 12.9. The van der Waals surface area contributed by atoms with Crippen molar-refractivity contribution in [3.63, 3.8) is 0 Å². The van der Waals surface area contributed by atoms with Crippen molar-refractivity contribution in [2.45, 2.75) is 354 Å². The minimum atomic E-state index is -0.771. The number of allylic oxidation sites excluding steroid dienone is 12. The molecule has 0 radical (unpaired) electrons. The molecule has 6 heteroatoms. The number of unbranched alkanes of at least 4 members (excludes halogenated alkanes) is 39. The Bertz CT molecular complexity index is 1440. The molecule has 0 bridgehead atoms. The fraction of sp³-hybridized carbons (Fsp3) is 0.792. The minimum Gasteiger partial charge on any atom is -0.462 e. The second-order valence-electron chi connectivity index (χ2n) is 22.7. The summed E-state index contributed by atoms with van der Waals surface area (Å²) in [5.74, 6) is -0.866. The fourth-order valence-corrected chi connectivity index (χ4v) is 9.88. The van der Waals surface area contributed by atoms with Crippen LogP contribution in [0.3, 0.4) is 0 Å². The van der Waals surface area contributed by atoms with Gasteiger partial charge in [-0.1, -0.05) is 312 Å². The van der Waals surface area contributed by atoms with Crippen LogP contribution in [-0.4, -0.2) is 37.2 Å². The minimum absolute atomic E-state index is 0.0715. The van der Waals surface area contributed by atoms with E-state index in [0.29, 0.717) is 19.3 Å². The lowest BCUT2D eigenvalue weighted by molar-refractivity contribution is -0.167. The molecule has 0 rings (SSSR count). The van der Waals surface area contributed by atoms with Crippen LogP contribution < -0.4 is 0 Å². The first-order valence-corrected chi connectivity index (χ1v) is 33.9. The molecule has 0 aromatic rings. The van der Waals surface area contributed by atoms with Crippen molar-refractivity contribution >= 4 is 17.9 Å². The van der Waals surface area contributed by atoms with E-state index >= 15 is 0 Å². The maximum absolute atomic E-state index is 12.9. The van der Waals surface area contributed by atoms with E-state index in [1.54, 1.807) is 0 Å². The SMILES string of the molecule is CC/C=C\C/C=C\C/C=C\C/C=C\C/C=C\CCCCCCCCCCCCCCCCCCCC(=O)OCC(COC(=O)CCCCCCCC)OC(=O)CCCCCCCCCCC/C=C\CCCCCCCCCC. The molecule has 0 aromatic carbocycles. The van der Waals surface area contributed by atoms with E-state index in [9.17, 15) is 14.4 Å². The normalized spacial score (nSPS) is 12.5. The molecule has 0 spiro atoms.